The van der Waals surface area contributed by atoms with Crippen LogP contribution < -0.4 is 156 Å². The van der Waals surface area contributed by atoms with Gasteiger partial charge in [0, 0.05) is 41.2 Å². The van der Waals surface area contributed by atoms with Crippen molar-refractivity contribution in [2.24, 2.45) is 0 Å². The Morgan fingerprint density at radius 1 is 0.784 bits per heavy atom. The number of aliphatic hydroxyl groups is 2. The van der Waals surface area contributed by atoms with Crippen LogP contribution in [-0.4, -0.2) is 64.1 Å². The van der Waals surface area contributed by atoms with Gasteiger partial charge < -0.3 is 39.7 Å². The van der Waals surface area contributed by atoms with Crippen LogP contribution >= 0.6 is 32.9 Å². The summed E-state index contributed by atoms with van der Waals surface area (Å²) in [5, 5.41) is 24.1. The minimum atomic E-state index is -2.91. The van der Waals surface area contributed by atoms with Crippen molar-refractivity contribution in [2.45, 2.75) is 95.9 Å². The average molecular weight is 960 g/mol. The molecule has 0 aliphatic heterocycles. The summed E-state index contributed by atoms with van der Waals surface area (Å²) in [5.41, 5.74) is 0. The van der Waals surface area contributed by atoms with Crippen molar-refractivity contribution < 1.29 is 228 Å². The minimum absolute atomic E-state index is 0. The molecule has 7 nitrogen and oxygen atoms in total. The Morgan fingerprint density at radius 2 is 0.902 bits per heavy atom. The molecule has 0 atom stereocenters. The van der Waals surface area contributed by atoms with Gasteiger partial charge in [-0.2, -0.15) is 32.8 Å². The summed E-state index contributed by atoms with van der Waals surface area (Å²) in [6.45, 7) is 24.6. The first-order valence-corrected chi connectivity index (χ1v) is 14.1. The standard InChI is InChI=1S/C4H6F2.C4H9.C3H3F3.C3H8O.C2H5Br.C2F4.C2H6O.C2H4O.2C2H6.CH2O3.CH4O.B.BrH.2K.Li.Na.2H/c1-3(5)4(2)6;1-3-4-2;1-2(4)3(5)6;1-3-4-2;1-2-3;3-1(4)2(5)6;2*1-2-3;2*1-2;2-1-4-3;1-2;;;;;;;;/h1-2H3;1,3-4H2,2H3;1H3;3H2,1-2H3;2H2,1H3;;3H,2H2,1H3;2H,1H3;2*1-2H3;1,3H;2H,1H3;;1H;;;;;;/q;-1;;;;;;;;;;;;;4*+1;2*-1/p-1/b4-3+;;;;;;;;;;;;;;;;;;;. The van der Waals surface area contributed by atoms with Crippen molar-refractivity contribution >= 4 is 54.1 Å². The van der Waals surface area contributed by atoms with Gasteiger partial charge in [-0.25, -0.2) is 13.2 Å². The molecule has 0 heterocycles. The number of unbranched alkanes of at least 4 members (excludes halogenated alkanes) is 1. The van der Waals surface area contributed by atoms with Gasteiger partial charge in [0.25, 0.3) is 6.47 Å². The first-order chi connectivity index (χ1) is 20.9. The third-order valence-electron chi connectivity index (χ3n) is 1.56. The number of hydrogen-bond donors (Lipinski definition) is 2. The van der Waals surface area contributed by atoms with Crippen LogP contribution in [0.4, 0.5) is 39.5 Å². The quantitative estimate of drug-likeness (QED) is 0.0686. The predicted molar refractivity (Wildman–Crippen MR) is 186 cm³/mol. The molecule has 0 bridgehead atoms. The van der Waals surface area contributed by atoms with Crippen molar-refractivity contribution in [3.8, 4) is 0 Å². The fourth-order valence-electron chi connectivity index (χ4n) is 0. The van der Waals surface area contributed by atoms with E-state index in [0.717, 1.165) is 45.6 Å². The van der Waals surface area contributed by atoms with E-state index in [4.69, 9.17) is 25.1 Å². The molecule has 0 aromatic heterocycles. The normalized spacial score (nSPS) is 6.43. The third kappa shape index (κ3) is 415. The predicted octanol–water partition coefficient (Wildman–Crippen LogP) is -1.34. The second kappa shape index (κ2) is 159. The van der Waals surface area contributed by atoms with Crippen LogP contribution in [0.2, 0.25) is 0 Å². The molecule has 0 saturated heterocycles. The first kappa shape index (κ1) is 117. The van der Waals surface area contributed by atoms with E-state index in [1.165, 1.54) is 13.3 Å². The monoisotopic (exact) mass is 957 g/mol. The molecule has 0 unspecified atom stereocenters. The number of aldehydes is 1. The van der Waals surface area contributed by atoms with Crippen LogP contribution in [0.5, 0.6) is 0 Å². The number of rotatable bonds is 3. The minimum Gasteiger partial charge on any atom is -1.00 e. The van der Waals surface area contributed by atoms with Crippen LogP contribution in [0.1, 0.15) is 98.8 Å². The SMILES string of the molecule is Br.C/C(F)=C(/C)F.CC.CC.CC(F)=C(F)F.CC=O.CCBr.CCO.CCOC.CO.FC(F)=C(F)F.O=CO[O-].[B].[CH2-]CCC.[H-].[H-].[K+].[K+].[Li+].[Na+]. The van der Waals surface area contributed by atoms with Gasteiger partial charge in [-0.15, -0.1) is 17.0 Å². The van der Waals surface area contributed by atoms with Crippen molar-refractivity contribution in [1.82, 2.24) is 0 Å². The van der Waals surface area contributed by atoms with Crippen LogP contribution in [0.15, 0.2) is 35.7 Å². The zero-order chi connectivity index (χ0) is 39.8. The van der Waals surface area contributed by atoms with Gasteiger partial charge in [-0.3, -0.25) is 4.79 Å². The molecule has 0 rings (SSSR count). The number of ether oxygens (including phenoxy) is 1. The fraction of sp³-hybridized carbons (Fsp3) is 0.679. The maximum absolute atomic E-state index is 11.3. The average Bonchev–Trinajstić information content (AvgIpc) is 3.02. The fourth-order valence-corrected chi connectivity index (χ4v) is 0. The Bertz CT molecular complexity index is 479. The number of allylic oxidation sites excluding steroid dienone is 3. The van der Waals surface area contributed by atoms with Crippen LogP contribution in [0.3, 0.4) is 0 Å². The summed E-state index contributed by atoms with van der Waals surface area (Å²) in [4.78, 5) is 20.1. The molecule has 0 amide bonds. The number of alkyl halides is 1. The van der Waals surface area contributed by atoms with Gasteiger partial charge in [-0.05, 0) is 41.5 Å². The zero-order valence-electron chi connectivity index (χ0n) is 36.1. The van der Waals surface area contributed by atoms with Crippen LogP contribution in [0.25, 0.3) is 0 Å². The summed E-state index contributed by atoms with van der Waals surface area (Å²) in [6, 6.07) is 0. The van der Waals surface area contributed by atoms with Gasteiger partial charge in [0.1, 0.15) is 17.9 Å². The van der Waals surface area contributed by atoms with E-state index in [9.17, 15) is 39.5 Å². The molecule has 0 aliphatic carbocycles. The molecular weight excluding hydrogens is 898 g/mol. The first-order valence-electron chi connectivity index (χ1n) is 13.0. The van der Waals surface area contributed by atoms with E-state index < -0.39 is 35.7 Å². The number of hydrogen-bond acceptors (Lipinski definition) is 7. The molecule has 0 aromatic rings. The Hall–Kier alpha value is 3.47. The second-order valence-electron chi connectivity index (χ2n) is 4.82. The Labute approximate surface area is 446 Å². The van der Waals surface area contributed by atoms with Gasteiger partial charge >= 0.3 is 169 Å². The van der Waals surface area contributed by atoms with E-state index in [-0.39, 0.29) is 193 Å². The second-order valence-corrected chi connectivity index (χ2v) is 5.95. The number of halogens is 11. The summed E-state index contributed by atoms with van der Waals surface area (Å²) in [5.74, 6) is -2.89. The Kier molecular flexibility index (Phi) is 364. The summed E-state index contributed by atoms with van der Waals surface area (Å²) < 4.78 is 101. The van der Waals surface area contributed by atoms with E-state index in [2.05, 4.69) is 39.4 Å². The van der Waals surface area contributed by atoms with E-state index in [1.807, 2.05) is 41.5 Å². The molecule has 2 N–H and O–H groups in total. The summed E-state index contributed by atoms with van der Waals surface area (Å²) >= 11 is 3.15. The summed E-state index contributed by atoms with van der Waals surface area (Å²) in [6.07, 6.45) is -5.03. The number of aliphatic hydroxyl groups excluding tert-OH is 2. The van der Waals surface area contributed by atoms with Crippen LogP contribution in [0, 0.1) is 6.92 Å². The molecule has 299 valence electrons. The maximum Gasteiger partial charge on any atom is 1.00 e. The summed E-state index contributed by atoms with van der Waals surface area (Å²) in [7, 11) is 2.68. The molecule has 3 radical (unpaired) electrons. The molecule has 0 spiro atoms. The van der Waals surface area contributed by atoms with Crippen molar-refractivity contribution in [3.63, 3.8) is 0 Å². The molecule has 0 aliphatic rings. The Morgan fingerprint density at radius 3 is 0.902 bits per heavy atom. The smallest absolute Gasteiger partial charge is 1.00 e. The number of methoxy groups -OCH3 is 1. The topological polar surface area (TPSA) is 116 Å². The van der Waals surface area contributed by atoms with Crippen molar-refractivity contribution in [1.29, 1.82) is 0 Å². The molecule has 0 aromatic carbocycles. The molecule has 23 heteroatoms. The van der Waals surface area contributed by atoms with Crippen LogP contribution in [-0.2, 0) is 19.2 Å². The largest absolute Gasteiger partial charge is 1.00 e. The Balaban J connectivity index is -0.0000000125. The third-order valence-corrected chi connectivity index (χ3v) is 1.56. The maximum atomic E-state index is 11.3. The number of carbonyl (C=O) groups excluding carboxylic acids is 2. The molecule has 0 saturated carbocycles. The van der Waals surface area contributed by atoms with Gasteiger partial charge in [0.15, 0.2) is 5.83 Å². The van der Waals surface area contributed by atoms with E-state index >= 15 is 0 Å². The zero-order valence-corrected chi connectivity index (χ0v) is 45.6. The van der Waals surface area contributed by atoms with Gasteiger partial charge in [-0.1, -0.05) is 63.9 Å². The van der Waals surface area contributed by atoms with Gasteiger partial charge in [0.2, 0.25) is 0 Å². The van der Waals surface area contributed by atoms with Gasteiger partial charge in [0.05, 0.1) is 0 Å². The van der Waals surface area contributed by atoms with E-state index in [1.54, 1.807) is 14.0 Å². The molecule has 0 fully saturated rings. The van der Waals surface area contributed by atoms with E-state index in [0.29, 0.717) is 6.92 Å². The molecule has 51 heavy (non-hydrogen) atoms. The molecular formula is C28H61BBr2F9K2LiNaO7. The van der Waals surface area contributed by atoms with Crippen molar-refractivity contribution in [2.75, 3.05) is 32.8 Å². The number of carbonyl (C=O) groups is 2. The van der Waals surface area contributed by atoms with Crippen molar-refractivity contribution in [3.05, 3.63) is 42.6 Å².